The zero-order valence-corrected chi connectivity index (χ0v) is 19.1. The quantitative estimate of drug-likeness (QED) is 0.533. The molecular weight excluding hydrogens is 437 g/mol. The normalized spacial score (nSPS) is 16.4. The smallest absolute Gasteiger partial charge is 0.323 e. The molecule has 1 heterocycles. The Labute approximate surface area is 197 Å². The highest BCUT2D eigenvalue weighted by Gasteiger charge is 2.35. The van der Waals surface area contributed by atoms with Gasteiger partial charge in [-0.25, -0.2) is 4.39 Å². The van der Waals surface area contributed by atoms with Gasteiger partial charge in [0.1, 0.15) is 29.5 Å². The van der Waals surface area contributed by atoms with Crippen LogP contribution in [0.1, 0.15) is 34.0 Å². The van der Waals surface area contributed by atoms with Crippen molar-refractivity contribution in [1.82, 2.24) is 4.90 Å². The maximum atomic E-state index is 13.3. The Morgan fingerprint density at radius 3 is 2.38 bits per heavy atom. The van der Waals surface area contributed by atoms with E-state index in [1.54, 1.807) is 61.7 Å². The third-order valence-corrected chi connectivity index (χ3v) is 5.87. The SMILES string of the molecule is COc1ccc(CN(CC(=O)O)C(=O)c2ccc3c(c2)C[C@](C)(Cc2ccc(F)cc2)O3)cc1. The van der Waals surface area contributed by atoms with Crippen LogP contribution >= 0.6 is 0 Å². The van der Waals surface area contributed by atoms with Gasteiger partial charge >= 0.3 is 5.97 Å². The Morgan fingerprint density at radius 2 is 1.74 bits per heavy atom. The predicted octanol–water partition coefficient (Wildman–Crippen LogP) is 4.50. The van der Waals surface area contributed by atoms with Gasteiger partial charge in [-0.05, 0) is 66.1 Å². The van der Waals surface area contributed by atoms with Gasteiger partial charge in [-0.3, -0.25) is 9.59 Å². The van der Waals surface area contributed by atoms with E-state index in [0.717, 1.165) is 16.7 Å². The lowest BCUT2D eigenvalue weighted by Gasteiger charge is -2.24. The second kappa shape index (κ2) is 9.55. The summed E-state index contributed by atoms with van der Waals surface area (Å²) in [6.07, 6.45) is 1.17. The van der Waals surface area contributed by atoms with Crippen LogP contribution in [0.15, 0.2) is 66.7 Å². The van der Waals surface area contributed by atoms with Crippen molar-refractivity contribution in [3.8, 4) is 11.5 Å². The van der Waals surface area contributed by atoms with Gasteiger partial charge in [0.2, 0.25) is 0 Å². The van der Waals surface area contributed by atoms with Crippen LogP contribution in [0, 0.1) is 5.82 Å². The number of aliphatic carboxylic acids is 1. The summed E-state index contributed by atoms with van der Waals surface area (Å²) >= 11 is 0. The number of carboxylic acids is 1. The number of carboxylic acid groups (broad SMARTS) is 1. The van der Waals surface area contributed by atoms with Crippen molar-refractivity contribution >= 4 is 11.9 Å². The third-order valence-electron chi connectivity index (χ3n) is 5.87. The molecule has 34 heavy (non-hydrogen) atoms. The average molecular weight is 464 g/mol. The number of amides is 1. The molecule has 0 saturated carbocycles. The first-order chi connectivity index (χ1) is 16.2. The van der Waals surface area contributed by atoms with Gasteiger partial charge in [0.05, 0.1) is 7.11 Å². The first-order valence-corrected chi connectivity index (χ1v) is 10.9. The molecule has 0 aliphatic carbocycles. The number of rotatable bonds is 8. The predicted molar refractivity (Wildman–Crippen MR) is 125 cm³/mol. The van der Waals surface area contributed by atoms with Crippen molar-refractivity contribution in [3.63, 3.8) is 0 Å². The number of hydrogen-bond acceptors (Lipinski definition) is 4. The van der Waals surface area contributed by atoms with Crippen molar-refractivity contribution < 1.29 is 28.6 Å². The molecule has 0 saturated heterocycles. The second-order valence-corrected chi connectivity index (χ2v) is 8.76. The Kier molecular flexibility index (Phi) is 6.54. The number of benzene rings is 3. The van der Waals surface area contributed by atoms with Gasteiger partial charge in [0.25, 0.3) is 5.91 Å². The molecule has 176 valence electrons. The highest BCUT2D eigenvalue weighted by molar-refractivity contribution is 5.96. The van der Waals surface area contributed by atoms with Gasteiger partial charge < -0.3 is 19.5 Å². The lowest BCUT2D eigenvalue weighted by molar-refractivity contribution is -0.137. The highest BCUT2D eigenvalue weighted by atomic mass is 19.1. The van der Waals surface area contributed by atoms with Gasteiger partial charge in [0.15, 0.2) is 0 Å². The van der Waals surface area contributed by atoms with Crippen LogP contribution in [0.25, 0.3) is 0 Å². The van der Waals surface area contributed by atoms with Gasteiger partial charge in [-0.1, -0.05) is 24.3 Å². The van der Waals surface area contributed by atoms with Crippen LogP contribution in [-0.4, -0.2) is 41.1 Å². The topological polar surface area (TPSA) is 76.1 Å². The van der Waals surface area contributed by atoms with Gasteiger partial charge in [0, 0.05) is 24.9 Å². The molecule has 0 bridgehead atoms. The first-order valence-electron chi connectivity index (χ1n) is 10.9. The van der Waals surface area contributed by atoms with Crippen LogP contribution in [0.4, 0.5) is 4.39 Å². The minimum atomic E-state index is -1.08. The van der Waals surface area contributed by atoms with Crippen LogP contribution in [-0.2, 0) is 24.2 Å². The fourth-order valence-electron chi connectivity index (χ4n) is 4.28. The Morgan fingerprint density at radius 1 is 1.06 bits per heavy atom. The molecule has 3 aromatic carbocycles. The van der Waals surface area contributed by atoms with Crippen molar-refractivity contribution in [2.75, 3.05) is 13.7 Å². The van der Waals surface area contributed by atoms with Crippen LogP contribution in [0.3, 0.4) is 0 Å². The largest absolute Gasteiger partial charge is 0.497 e. The number of fused-ring (bicyclic) bond motifs is 1. The van der Waals surface area contributed by atoms with E-state index in [9.17, 15) is 19.1 Å². The van der Waals surface area contributed by atoms with Crippen molar-refractivity contribution in [1.29, 1.82) is 0 Å². The summed E-state index contributed by atoms with van der Waals surface area (Å²) in [6, 6.07) is 18.7. The number of hydrogen-bond donors (Lipinski definition) is 1. The summed E-state index contributed by atoms with van der Waals surface area (Å²) in [5, 5.41) is 9.36. The number of halogens is 1. The van der Waals surface area contributed by atoms with E-state index >= 15 is 0 Å². The van der Waals surface area contributed by atoms with E-state index in [-0.39, 0.29) is 18.3 Å². The highest BCUT2D eigenvalue weighted by Crippen LogP contribution is 2.37. The summed E-state index contributed by atoms with van der Waals surface area (Å²) in [7, 11) is 1.57. The van der Waals surface area contributed by atoms with Crippen molar-refractivity contribution in [2.45, 2.75) is 31.9 Å². The standard InChI is InChI=1S/C27H26FNO5/c1-27(14-18-3-8-22(28)9-4-18)15-21-13-20(7-12-24(21)34-27)26(32)29(17-25(30)31)16-19-5-10-23(33-2)11-6-19/h3-13H,14-17H2,1-2H3,(H,30,31)/t27-/m0/s1. The molecule has 0 fully saturated rings. The summed E-state index contributed by atoms with van der Waals surface area (Å²) in [5.41, 5.74) is 2.52. The first kappa shape index (κ1) is 23.3. The summed E-state index contributed by atoms with van der Waals surface area (Å²) < 4.78 is 24.6. The number of ether oxygens (including phenoxy) is 2. The van der Waals surface area contributed by atoms with Crippen LogP contribution in [0.2, 0.25) is 0 Å². The molecule has 3 aromatic rings. The zero-order valence-electron chi connectivity index (χ0n) is 19.1. The second-order valence-electron chi connectivity index (χ2n) is 8.76. The summed E-state index contributed by atoms with van der Waals surface area (Å²) in [4.78, 5) is 26.0. The average Bonchev–Trinajstić information content (AvgIpc) is 3.14. The molecule has 1 aliphatic heterocycles. The third kappa shape index (κ3) is 5.36. The van der Waals surface area contributed by atoms with E-state index in [1.807, 2.05) is 6.92 Å². The van der Waals surface area contributed by atoms with E-state index in [1.165, 1.54) is 17.0 Å². The fraction of sp³-hybridized carbons (Fsp3) is 0.259. The molecule has 0 spiro atoms. The van der Waals surface area contributed by atoms with E-state index in [2.05, 4.69) is 0 Å². The molecule has 4 rings (SSSR count). The minimum Gasteiger partial charge on any atom is -0.497 e. The molecule has 6 nitrogen and oxygen atoms in total. The van der Waals surface area contributed by atoms with Crippen molar-refractivity contribution in [3.05, 3.63) is 94.8 Å². The molecule has 1 atom stereocenters. The maximum Gasteiger partial charge on any atom is 0.323 e. The molecule has 0 unspecified atom stereocenters. The fourth-order valence-corrected chi connectivity index (χ4v) is 4.28. The Hall–Kier alpha value is -3.87. The molecule has 1 N–H and O–H groups in total. The molecule has 7 heteroatoms. The zero-order chi connectivity index (χ0) is 24.3. The van der Waals surface area contributed by atoms with E-state index in [0.29, 0.717) is 29.9 Å². The molecule has 1 aliphatic rings. The summed E-state index contributed by atoms with van der Waals surface area (Å²) in [5.74, 6) is -0.358. The Balaban J connectivity index is 1.51. The number of nitrogens with zero attached hydrogens (tertiary/aromatic N) is 1. The number of carbonyl (C=O) groups is 2. The van der Waals surface area contributed by atoms with Crippen LogP contribution < -0.4 is 9.47 Å². The van der Waals surface area contributed by atoms with Gasteiger partial charge in [-0.2, -0.15) is 0 Å². The number of methoxy groups -OCH3 is 1. The molecular formula is C27H26FNO5. The number of carbonyl (C=O) groups excluding carboxylic acids is 1. The monoisotopic (exact) mass is 463 g/mol. The van der Waals surface area contributed by atoms with Gasteiger partial charge in [-0.15, -0.1) is 0 Å². The van der Waals surface area contributed by atoms with Crippen LogP contribution in [0.5, 0.6) is 11.5 Å². The molecule has 0 radical (unpaired) electrons. The van der Waals surface area contributed by atoms with E-state index < -0.39 is 18.1 Å². The Bertz CT molecular complexity index is 1190. The van der Waals surface area contributed by atoms with E-state index in [4.69, 9.17) is 9.47 Å². The minimum absolute atomic E-state index is 0.158. The summed E-state index contributed by atoms with van der Waals surface area (Å²) in [6.45, 7) is 1.73. The molecule has 0 aromatic heterocycles. The lowest BCUT2D eigenvalue weighted by Crippen LogP contribution is -2.35. The maximum absolute atomic E-state index is 13.3. The lowest BCUT2D eigenvalue weighted by atomic mass is 9.91. The molecule has 1 amide bonds. The van der Waals surface area contributed by atoms with Crippen molar-refractivity contribution in [2.24, 2.45) is 0 Å².